The van der Waals surface area contributed by atoms with E-state index in [2.05, 4.69) is 20.1 Å². The van der Waals surface area contributed by atoms with E-state index in [0.717, 1.165) is 54.5 Å². The Labute approximate surface area is 185 Å². The lowest BCUT2D eigenvalue weighted by molar-refractivity contribution is 0.353. The largest absolute Gasteiger partial charge is 0.367 e. The van der Waals surface area contributed by atoms with Gasteiger partial charge in [0.15, 0.2) is 0 Å². The van der Waals surface area contributed by atoms with Crippen molar-refractivity contribution >= 4 is 28.4 Å². The van der Waals surface area contributed by atoms with Crippen LogP contribution in [0.3, 0.4) is 0 Å². The molecule has 0 spiro atoms. The summed E-state index contributed by atoms with van der Waals surface area (Å²) in [4.78, 5) is 14.5. The zero-order valence-electron chi connectivity index (χ0n) is 18.0. The molecule has 31 heavy (non-hydrogen) atoms. The number of benzene rings is 1. The third-order valence-electron chi connectivity index (χ3n) is 6.24. The van der Waals surface area contributed by atoms with Gasteiger partial charge >= 0.3 is 0 Å². The topological polar surface area (TPSA) is 84.2 Å². The van der Waals surface area contributed by atoms with E-state index in [1.807, 2.05) is 43.7 Å². The number of anilines is 1. The van der Waals surface area contributed by atoms with Crippen LogP contribution in [0.1, 0.15) is 31.2 Å². The average molecular weight is 442 g/mol. The first kappa shape index (κ1) is 20.8. The summed E-state index contributed by atoms with van der Waals surface area (Å²) >= 11 is 0. The van der Waals surface area contributed by atoms with E-state index < -0.39 is 10.6 Å². The van der Waals surface area contributed by atoms with Crippen LogP contribution in [-0.4, -0.2) is 68.7 Å². The third-order valence-corrected chi connectivity index (χ3v) is 8.02. The number of aliphatic imine (C=N–C) groups is 1. The quantitative estimate of drug-likeness (QED) is 0.581. The maximum atomic E-state index is 10.7. The predicted octanol–water partition coefficient (Wildman–Crippen LogP) is 4.63. The third kappa shape index (κ3) is 4.72. The van der Waals surface area contributed by atoms with Crippen LogP contribution in [-0.2, 0) is 6.54 Å². The molecule has 0 bridgehead atoms. The van der Waals surface area contributed by atoms with Crippen molar-refractivity contribution < 1.29 is 9.11 Å². The van der Waals surface area contributed by atoms with Crippen molar-refractivity contribution in [1.82, 2.24) is 14.8 Å². The van der Waals surface area contributed by atoms with Crippen LogP contribution in [0.25, 0.3) is 11.3 Å². The minimum atomic E-state index is -2.79. The summed E-state index contributed by atoms with van der Waals surface area (Å²) in [6, 6.07) is 10.1. The highest BCUT2D eigenvalue weighted by atomic mass is 32.3. The van der Waals surface area contributed by atoms with Gasteiger partial charge in [0.05, 0.1) is 28.4 Å². The Balaban J connectivity index is 1.37. The molecule has 1 aromatic carbocycles. The summed E-state index contributed by atoms with van der Waals surface area (Å²) in [6.45, 7) is 3.65. The first-order chi connectivity index (χ1) is 15.0. The van der Waals surface area contributed by atoms with Crippen LogP contribution >= 0.6 is 10.6 Å². The number of rotatable bonds is 7. The lowest BCUT2D eigenvalue weighted by atomic mass is 10.1. The zero-order valence-corrected chi connectivity index (χ0v) is 18.8. The van der Waals surface area contributed by atoms with Gasteiger partial charge < -0.3 is 15.1 Å². The lowest BCUT2D eigenvalue weighted by Gasteiger charge is -2.34. The summed E-state index contributed by atoms with van der Waals surface area (Å²) in [5, 5.41) is 3.56. The van der Waals surface area contributed by atoms with Crippen LogP contribution in [0.5, 0.6) is 0 Å². The fraction of sp³-hybridized carbons (Fsp3) is 0.478. The molecule has 3 N–H and O–H groups in total. The molecule has 1 saturated carbocycles. The summed E-state index contributed by atoms with van der Waals surface area (Å²) in [5.41, 5.74) is 3.89. The molecule has 0 amide bonds. The van der Waals surface area contributed by atoms with Gasteiger partial charge in [0.25, 0.3) is 0 Å². The van der Waals surface area contributed by atoms with Gasteiger partial charge in [0.2, 0.25) is 0 Å². The molecule has 0 unspecified atom stereocenters. The van der Waals surface area contributed by atoms with Crippen molar-refractivity contribution in [3.63, 3.8) is 0 Å². The van der Waals surface area contributed by atoms with Crippen LogP contribution in [0.4, 0.5) is 11.5 Å². The standard InChI is InChI=1S/C23H31N5O2S/c1-27-15-20-22(24-16-27)14-21(26-23(20)25-18-6-7-18)17-4-8-19(9-5-17)31(29,30)13-12-28-10-2-3-11-28/h4-5,8-9,14,16,18,29-30H,2-3,6-7,10-13,15H2,1H3,(H,25,26). The molecule has 3 aliphatic rings. The minimum Gasteiger partial charge on any atom is -0.367 e. The van der Waals surface area contributed by atoms with Gasteiger partial charge in [-0.3, -0.25) is 9.11 Å². The molecular weight excluding hydrogens is 410 g/mol. The van der Waals surface area contributed by atoms with E-state index in [0.29, 0.717) is 16.7 Å². The summed E-state index contributed by atoms with van der Waals surface area (Å²) in [5.74, 6) is 1.30. The second kappa shape index (κ2) is 8.43. The van der Waals surface area contributed by atoms with Crippen LogP contribution in [0, 0.1) is 0 Å². The van der Waals surface area contributed by atoms with Crippen LogP contribution in [0.15, 0.2) is 40.2 Å². The molecule has 1 saturated heterocycles. The van der Waals surface area contributed by atoms with E-state index in [9.17, 15) is 9.11 Å². The highest BCUT2D eigenvalue weighted by Gasteiger charge is 2.25. The van der Waals surface area contributed by atoms with Gasteiger partial charge in [-0.15, -0.1) is 0 Å². The molecule has 2 aromatic rings. The summed E-state index contributed by atoms with van der Waals surface area (Å²) in [7, 11) is -0.771. The summed E-state index contributed by atoms with van der Waals surface area (Å²) < 4.78 is 21.4. The van der Waals surface area contributed by atoms with E-state index in [4.69, 9.17) is 4.98 Å². The molecule has 1 aromatic heterocycles. The van der Waals surface area contributed by atoms with Gasteiger partial charge in [-0.25, -0.2) is 9.98 Å². The molecule has 8 heteroatoms. The molecule has 7 nitrogen and oxygen atoms in total. The van der Waals surface area contributed by atoms with E-state index in [1.54, 1.807) is 0 Å². The normalized spacial score (nSPS) is 19.5. The molecule has 2 fully saturated rings. The Hall–Kier alpha value is -2.13. The highest BCUT2D eigenvalue weighted by Crippen LogP contribution is 2.48. The van der Waals surface area contributed by atoms with Crippen LogP contribution in [0.2, 0.25) is 0 Å². The average Bonchev–Trinajstić information content (AvgIpc) is 3.43. The van der Waals surface area contributed by atoms with Gasteiger partial charge in [-0.2, -0.15) is 10.6 Å². The number of hydrogen-bond acceptors (Lipinski definition) is 7. The van der Waals surface area contributed by atoms with Crippen molar-refractivity contribution in [2.75, 3.05) is 37.8 Å². The first-order valence-electron chi connectivity index (χ1n) is 11.1. The number of nitrogens with zero attached hydrogens (tertiary/aromatic N) is 4. The Kier molecular flexibility index (Phi) is 5.64. The van der Waals surface area contributed by atoms with Crippen molar-refractivity contribution in [3.8, 4) is 11.3 Å². The predicted molar refractivity (Wildman–Crippen MR) is 128 cm³/mol. The molecule has 166 valence electrons. The molecular formula is C23H31N5O2S. The number of aromatic nitrogens is 1. The van der Waals surface area contributed by atoms with Crippen molar-refractivity contribution in [1.29, 1.82) is 0 Å². The molecule has 5 rings (SSSR count). The fourth-order valence-electron chi connectivity index (χ4n) is 4.19. The number of fused-ring (bicyclic) bond motifs is 1. The number of nitrogens with one attached hydrogen (secondary N) is 1. The Morgan fingerprint density at radius 1 is 1.13 bits per heavy atom. The molecule has 3 heterocycles. The fourth-order valence-corrected chi connectivity index (χ4v) is 5.51. The minimum absolute atomic E-state index is 0.390. The number of pyridine rings is 1. The SMILES string of the molecule is CN1C=Nc2cc(-c3ccc(S(O)(O)CCN4CCCC4)cc3)nc(NC3CC3)c2C1. The van der Waals surface area contributed by atoms with E-state index in [-0.39, 0.29) is 0 Å². The van der Waals surface area contributed by atoms with Crippen molar-refractivity contribution in [2.24, 2.45) is 4.99 Å². The molecule has 0 atom stereocenters. The first-order valence-corrected chi connectivity index (χ1v) is 12.8. The monoisotopic (exact) mass is 441 g/mol. The van der Waals surface area contributed by atoms with Gasteiger partial charge in [-0.1, -0.05) is 12.1 Å². The smallest absolute Gasteiger partial charge is 0.134 e. The highest BCUT2D eigenvalue weighted by molar-refractivity contribution is 8.24. The maximum Gasteiger partial charge on any atom is 0.134 e. The Bertz CT molecular complexity index is 969. The van der Waals surface area contributed by atoms with E-state index in [1.165, 1.54) is 25.7 Å². The Morgan fingerprint density at radius 3 is 2.58 bits per heavy atom. The number of likely N-dealkylation sites (tertiary alicyclic amines) is 1. The molecule has 2 aliphatic heterocycles. The van der Waals surface area contributed by atoms with Gasteiger partial charge in [0.1, 0.15) is 5.82 Å². The van der Waals surface area contributed by atoms with Gasteiger partial charge in [0, 0.05) is 37.3 Å². The second-order valence-electron chi connectivity index (χ2n) is 8.88. The van der Waals surface area contributed by atoms with Crippen molar-refractivity contribution in [2.45, 2.75) is 43.2 Å². The van der Waals surface area contributed by atoms with Gasteiger partial charge in [-0.05, 0) is 57.0 Å². The summed E-state index contributed by atoms with van der Waals surface area (Å²) in [6.07, 6.45) is 6.64. The molecule has 1 aliphatic carbocycles. The van der Waals surface area contributed by atoms with Crippen LogP contribution < -0.4 is 5.32 Å². The number of hydrogen-bond donors (Lipinski definition) is 3. The lowest BCUT2D eigenvalue weighted by Crippen LogP contribution is -2.25. The Morgan fingerprint density at radius 2 is 1.87 bits per heavy atom. The molecule has 0 radical (unpaired) electrons. The van der Waals surface area contributed by atoms with Crippen molar-refractivity contribution in [3.05, 3.63) is 35.9 Å². The maximum absolute atomic E-state index is 10.7. The zero-order chi connectivity index (χ0) is 21.4. The second-order valence-corrected chi connectivity index (χ2v) is 11.1. The van der Waals surface area contributed by atoms with E-state index >= 15 is 0 Å².